The quantitative estimate of drug-likeness (QED) is 0.227. The number of aliphatic hydroxyl groups excluding tert-OH is 1. The molecule has 3 N–H and O–H groups in total. The van der Waals surface area contributed by atoms with Crippen molar-refractivity contribution in [2.24, 2.45) is 5.92 Å². The second kappa shape index (κ2) is 11.5. The number of aliphatic hydroxyl groups is 1. The molecule has 41 heavy (non-hydrogen) atoms. The van der Waals surface area contributed by atoms with Crippen LogP contribution in [0.3, 0.4) is 0 Å². The molecule has 1 aliphatic heterocycles. The molecule has 2 aliphatic rings. The zero-order valence-electron chi connectivity index (χ0n) is 22.2. The van der Waals surface area contributed by atoms with Gasteiger partial charge in [-0.15, -0.1) is 0 Å². The number of piperidine rings is 1. The van der Waals surface area contributed by atoms with Gasteiger partial charge in [-0.25, -0.2) is 0 Å². The van der Waals surface area contributed by atoms with Gasteiger partial charge in [0, 0.05) is 36.1 Å². The lowest BCUT2D eigenvalue weighted by molar-refractivity contribution is -0.208. The Bertz CT molecular complexity index is 1480. The largest absolute Gasteiger partial charge is 0.490 e. The van der Waals surface area contributed by atoms with Crippen molar-refractivity contribution in [3.63, 3.8) is 0 Å². The molecule has 0 radical (unpaired) electrons. The van der Waals surface area contributed by atoms with Crippen molar-refractivity contribution >= 4 is 28.1 Å². The van der Waals surface area contributed by atoms with Crippen LogP contribution >= 0.6 is 11.3 Å². The van der Waals surface area contributed by atoms with Gasteiger partial charge in [0.15, 0.2) is 6.10 Å². The van der Waals surface area contributed by atoms with Crippen LogP contribution in [0, 0.1) is 5.92 Å². The number of amides is 1. The van der Waals surface area contributed by atoms with Crippen LogP contribution in [0.4, 0.5) is 13.2 Å². The number of thiophene rings is 1. The molecule has 1 saturated carbocycles. The molecule has 2 aromatic heterocycles. The molecule has 3 heterocycles. The summed E-state index contributed by atoms with van der Waals surface area (Å²) in [5, 5.41) is 25.1. The number of carbonyl (C=O) groups is 1. The average molecular weight is 585 g/mol. The van der Waals surface area contributed by atoms with E-state index in [1.165, 1.54) is 0 Å². The number of aromatic nitrogens is 2. The predicted octanol–water partition coefficient (Wildman–Crippen LogP) is 5.94. The van der Waals surface area contributed by atoms with Crippen molar-refractivity contribution in [3.05, 3.63) is 70.4 Å². The van der Waals surface area contributed by atoms with Crippen LogP contribution in [-0.2, 0) is 0 Å². The summed E-state index contributed by atoms with van der Waals surface area (Å²) in [6.07, 6.45) is -3.65. The number of likely N-dealkylation sites (tertiary alicyclic amines) is 1. The lowest BCUT2D eigenvalue weighted by atomic mass is 10.0. The standard InChI is InChI=1S/C30H31F3N4O3S/c31-30(32,33)26(38)16-37-12-9-23(10-13-37)40-22-6-3-19(4-7-22)28-24-15-20(5-8-25(24)35-36-28)29(39)34-27(18-1-2-18)21-11-14-41-17-21/h3-8,11,14-15,17-18,23,26-27,38H,1-2,9-10,12-13,16H2,(H,34,39)(H,35,36)/t26-,27+/m1/s1. The highest BCUT2D eigenvalue weighted by Gasteiger charge is 2.39. The van der Waals surface area contributed by atoms with Gasteiger partial charge in [0.2, 0.25) is 0 Å². The van der Waals surface area contributed by atoms with Gasteiger partial charge in [-0.3, -0.25) is 9.89 Å². The molecule has 2 fully saturated rings. The molecule has 216 valence electrons. The van der Waals surface area contributed by atoms with Crippen molar-refractivity contribution < 1.29 is 27.8 Å². The molecule has 7 nitrogen and oxygen atoms in total. The van der Waals surface area contributed by atoms with Gasteiger partial charge >= 0.3 is 6.18 Å². The normalized spacial score (nSPS) is 18.3. The summed E-state index contributed by atoms with van der Waals surface area (Å²) >= 11 is 1.63. The second-order valence-corrected chi connectivity index (χ2v) is 11.7. The van der Waals surface area contributed by atoms with Gasteiger partial charge < -0.3 is 20.1 Å². The minimum Gasteiger partial charge on any atom is -0.490 e. The number of hydrogen-bond donors (Lipinski definition) is 3. The van der Waals surface area contributed by atoms with Gasteiger partial charge in [0.25, 0.3) is 5.91 Å². The molecule has 0 unspecified atom stereocenters. The van der Waals surface area contributed by atoms with Gasteiger partial charge in [0.05, 0.1) is 17.3 Å². The molecule has 11 heteroatoms. The third kappa shape index (κ3) is 6.42. The summed E-state index contributed by atoms with van der Waals surface area (Å²) < 4.78 is 44.0. The first-order valence-corrected chi connectivity index (χ1v) is 14.7. The molecule has 2 aromatic carbocycles. The van der Waals surface area contributed by atoms with Crippen LogP contribution in [0.1, 0.15) is 47.6 Å². The number of nitrogens with one attached hydrogen (secondary N) is 2. The lowest BCUT2D eigenvalue weighted by Crippen LogP contribution is -2.45. The Labute approximate surface area is 239 Å². The van der Waals surface area contributed by atoms with Crippen LogP contribution < -0.4 is 10.1 Å². The van der Waals surface area contributed by atoms with Crippen molar-refractivity contribution in [3.8, 4) is 17.0 Å². The fourth-order valence-corrected chi connectivity index (χ4v) is 6.09. The summed E-state index contributed by atoms with van der Waals surface area (Å²) in [6, 6.07) is 15.2. The number of rotatable bonds is 9. The zero-order valence-corrected chi connectivity index (χ0v) is 23.0. The Morgan fingerprint density at radius 1 is 1.12 bits per heavy atom. The van der Waals surface area contributed by atoms with Gasteiger partial charge in [0.1, 0.15) is 11.9 Å². The van der Waals surface area contributed by atoms with Crippen LogP contribution in [0.25, 0.3) is 22.2 Å². The molecular weight excluding hydrogens is 553 g/mol. The third-order valence-electron chi connectivity index (χ3n) is 7.88. The first kappa shape index (κ1) is 27.7. The predicted molar refractivity (Wildman–Crippen MR) is 151 cm³/mol. The highest BCUT2D eigenvalue weighted by molar-refractivity contribution is 7.08. The number of ether oxygens (including phenoxy) is 1. The maximum Gasteiger partial charge on any atom is 0.415 e. The number of alkyl halides is 3. The number of nitrogens with zero attached hydrogens (tertiary/aromatic N) is 2. The van der Waals surface area contributed by atoms with Crippen LogP contribution in [0.5, 0.6) is 5.75 Å². The van der Waals surface area contributed by atoms with E-state index in [0.717, 1.165) is 40.6 Å². The molecule has 1 amide bonds. The summed E-state index contributed by atoms with van der Waals surface area (Å²) in [5.41, 5.74) is 4.16. The first-order valence-electron chi connectivity index (χ1n) is 13.8. The number of carbonyl (C=O) groups excluding carboxylic acids is 1. The number of H-pyrrole nitrogens is 1. The van der Waals surface area contributed by atoms with E-state index >= 15 is 0 Å². The monoisotopic (exact) mass is 584 g/mol. The Morgan fingerprint density at radius 3 is 2.54 bits per heavy atom. The van der Waals surface area contributed by atoms with E-state index in [0.29, 0.717) is 43.2 Å². The zero-order chi connectivity index (χ0) is 28.6. The number of β-amino-alcohol motifs (C(OH)–C–C–N with tert-alkyl or cyclic N) is 1. The van der Waals surface area contributed by atoms with Crippen molar-refractivity contribution in [2.45, 2.75) is 50.1 Å². The van der Waals surface area contributed by atoms with Gasteiger partial charge in [-0.2, -0.15) is 29.6 Å². The molecule has 4 aromatic rings. The number of fused-ring (bicyclic) bond motifs is 1. The summed E-state index contributed by atoms with van der Waals surface area (Å²) in [4.78, 5) is 14.8. The molecule has 0 bridgehead atoms. The Kier molecular flexibility index (Phi) is 7.76. The maximum absolute atomic E-state index is 13.2. The van der Waals surface area contributed by atoms with Gasteiger partial charge in [-0.1, -0.05) is 0 Å². The van der Waals surface area contributed by atoms with Crippen LogP contribution in [0.2, 0.25) is 0 Å². The van der Waals surface area contributed by atoms with Gasteiger partial charge in [-0.05, 0) is 96.5 Å². The first-order chi connectivity index (χ1) is 19.7. The van der Waals surface area contributed by atoms with E-state index in [1.807, 2.05) is 47.8 Å². The minimum absolute atomic E-state index is 0.0273. The fourth-order valence-electron chi connectivity index (χ4n) is 5.40. The van der Waals surface area contributed by atoms with E-state index in [4.69, 9.17) is 4.74 Å². The minimum atomic E-state index is -4.61. The van der Waals surface area contributed by atoms with E-state index in [1.54, 1.807) is 16.2 Å². The molecular formula is C30H31F3N4O3S. The topological polar surface area (TPSA) is 90.5 Å². The Balaban J connectivity index is 1.10. The van der Waals surface area contributed by atoms with Crippen molar-refractivity contribution in [2.75, 3.05) is 19.6 Å². The van der Waals surface area contributed by atoms with E-state index < -0.39 is 18.8 Å². The number of halogens is 3. The fraction of sp³-hybridized carbons (Fsp3) is 0.400. The number of benzene rings is 2. The lowest BCUT2D eigenvalue weighted by Gasteiger charge is -2.33. The second-order valence-electron chi connectivity index (χ2n) is 10.9. The SMILES string of the molecule is O=C(N[C@H](c1ccsc1)C1CC1)c1ccc2[nH]nc(-c3ccc(OC4CCN(C[C@@H](O)C(F)(F)F)CC4)cc3)c2c1. The van der Waals surface area contributed by atoms with Crippen LogP contribution in [0.15, 0.2) is 59.3 Å². The third-order valence-corrected chi connectivity index (χ3v) is 8.58. The van der Waals surface area contributed by atoms with E-state index in [-0.39, 0.29) is 18.1 Å². The highest BCUT2D eigenvalue weighted by Crippen LogP contribution is 2.41. The van der Waals surface area contributed by atoms with Crippen molar-refractivity contribution in [1.82, 2.24) is 20.4 Å². The van der Waals surface area contributed by atoms with Crippen molar-refractivity contribution in [1.29, 1.82) is 0 Å². The number of hydrogen-bond acceptors (Lipinski definition) is 6. The number of aromatic amines is 1. The van der Waals surface area contributed by atoms with E-state index in [9.17, 15) is 23.1 Å². The average Bonchev–Trinajstić information content (AvgIpc) is 3.48. The Hall–Kier alpha value is -3.41. The molecule has 1 saturated heterocycles. The smallest absolute Gasteiger partial charge is 0.415 e. The maximum atomic E-state index is 13.2. The summed E-state index contributed by atoms with van der Waals surface area (Å²) in [6.45, 7) is 0.445. The molecule has 1 aliphatic carbocycles. The molecule has 0 spiro atoms. The van der Waals surface area contributed by atoms with E-state index in [2.05, 4.69) is 27.0 Å². The summed E-state index contributed by atoms with van der Waals surface area (Å²) in [7, 11) is 0. The molecule has 6 rings (SSSR count). The van der Waals surface area contributed by atoms with Crippen LogP contribution in [-0.4, -0.2) is 64.1 Å². The highest BCUT2D eigenvalue weighted by atomic mass is 32.1. The molecule has 2 atom stereocenters. The summed E-state index contributed by atoms with van der Waals surface area (Å²) in [5.74, 6) is 1.05. The Morgan fingerprint density at radius 2 is 1.88 bits per heavy atom.